The summed E-state index contributed by atoms with van der Waals surface area (Å²) in [5, 5.41) is 7.44. The van der Waals surface area contributed by atoms with Crippen molar-refractivity contribution < 1.29 is 9.47 Å². The molecule has 118 valence electrons. The molecule has 0 unspecified atom stereocenters. The van der Waals surface area contributed by atoms with Crippen molar-refractivity contribution in [3.63, 3.8) is 0 Å². The summed E-state index contributed by atoms with van der Waals surface area (Å²) in [6.07, 6.45) is 0. The average Bonchev–Trinajstić information content (AvgIpc) is 2.54. The van der Waals surface area contributed by atoms with Crippen molar-refractivity contribution in [2.75, 3.05) is 37.9 Å². The van der Waals surface area contributed by atoms with E-state index >= 15 is 0 Å². The van der Waals surface area contributed by atoms with Crippen LogP contribution in [0.15, 0.2) is 36.4 Å². The van der Waals surface area contributed by atoms with Crippen molar-refractivity contribution >= 4 is 23.0 Å². The van der Waals surface area contributed by atoms with Gasteiger partial charge in [-0.2, -0.15) is 0 Å². The number of anilines is 2. The van der Waals surface area contributed by atoms with Crippen LogP contribution in [0.5, 0.6) is 11.5 Å². The molecule has 22 heavy (non-hydrogen) atoms. The zero-order valence-corrected chi connectivity index (χ0v) is 13.8. The van der Waals surface area contributed by atoms with Gasteiger partial charge in [-0.1, -0.05) is 17.7 Å². The fourth-order valence-electron chi connectivity index (χ4n) is 2.06. The number of methoxy groups -OCH3 is 2. The molecule has 2 N–H and O–H groups in total. The molecule has 0 spiro atoms. The van der Waals surface area contributed by atoms with Crippen LogP contribution in [0.3, 0.4) is 0 Å². The summed E-state index contributed by atoms with van der Waals surface area (Å²) in [6, 6.07) is 11.6. The molecule has 0 amide bonds. The van der Waals surface area contributed by atoms with Gasteiger partial charge in [0, 0.05) is 29.9 Å². The Balaban J connectivity index is 1.89. The van der Waals surface area contributed by atoms with Crippen molar-refractivity contribution in [2.45, 2.75) is 6.92 Å². The van der Waals surface area contributed by atoms with Crippen molar-refractivity contribution in [3.05, 3.63) is 47.0 Å². The monoisotopic (exact) mass is 320 g/mol. The van der Waals surface area contributed by atoms with E-state index < -0.39 is 0 Å². The molecule has 2 aromatic carbocycles. The molecule has 0 saturated heterocycles. The predicted octanol–water partition coefficient (Wildman–Crippen LogP) is 4.19. The Morgan fingerprint density at radius 1 is 0.955 bits per heavy atom. The minimum Gasteiger partial charge on any atom is -0.497 e. The highest BCUT2D eigenvalue weighted by atomic mass is 35.5. The maximum absolute atomic E-state index is 6.11. The number of ether oxygens (including phenoxy) is 2. The first-order valence-electron chi connectivity index (χ1n) is 7.10. The third kappa shape index (κ3) is 4.21. The minimum atomic E-state index is 0.745. The van der Waals surface area contributed by atoms with Crippen LogP contribution in [0, 0.1) is 6.92 Å². The normalized spacial score (nSPS) is 10.2. The van der Waals surface area contributed by atoms with Gasteiger partial charge in [0.25, 0.3) is 0 Å². The molecule has 0 heterocycles. The second-order valence-electron chi connectivity index (χ2n) is 4.88. The standard InChI is InChI=1S/C17H21ClN2O2/c1-12-4-5-13(10-15(12)18)19-8-9-20-16-11-14(21-2)6-7-17(16)22-3/h4-7,10-11,19-20H,8-9H2,1-3H3. The molecule has 0 aliphatic rings. The minimum absolute atomic E-state index is 0.745. The van der Waals surface area contributed by atoms with Crippen LogP contribution in [-0.4, -0.2) is 27.3 Å². The molecule has 4 nitrogen and oxygen atoms in total. The summed E-state index contributed by atoms with van der Waals surface area (Å²) in [5.74, 6) is 1.58. The van der Waals surface area contributed by atoms with Crippen molar-refractivity contribution in [2.24, 2.45) is 0 Å². The molecule has 0 aliphatic heterocycles. The Bertz CT molecular complexity index is 632. The second kappa shape index (κ2) is 7.80. The highest BCUT2D eigenvalue weighted by Crippen LogP contribution is 2.28. The van der Waals surface area contributed by atoms with Crippen molar-refractivity contribution in [3.8, 4) is 11.5 Å². The summed E-state index contributed by atoms with van der Waals surface area (Å²) in [5.41, 5.74) is 2.99. The topological polar surface area (TPSA) is 42.5 Å². The first-order valence-corrected chi connectivity index (χ1v) is 7.47. The highest BCUT2D eigenvalue weighted by Gasteiger charge is 2.04. The fourth-order valence-corrected chi connectivity index (χ4v) is 2.24. The van der Waals surface area contributed by atoms with E-state index in [1.54, 1.807) is 14.2 Å². The van der Waals surface area contributed by atoms with Crippen LogP contribution in [0.25, 0.3) is 0 Å². The maximum atomic E-state index is 6.11. The van der Waals surface area contributed by atoms with E-state index in [4.69, 9.17) is 21.1 Å². The smallest absolute Gasteiger partial charge is 0.142 e. The maximum Gasteiger partial charge on any atom is 0.142 e. The Morgan fingerprint density at radius 2 is 1.73 bits per heavy atom. The molecule has 0 saturated carbocycles. The van der Waals surface area contributed by atoms with Gasteiger partial charge in [0.2, 0.25) is 0 Å². The number of nitrogens with one attached hydrogen (secondary N) is 2. The first kappa shape index (κ1) is 16.3. The molecule has 2 aromatic rings. The highest BCUT2D eigenvalue weighted by molar-refractivity contribution is 6.31. The largest absolute Gasteiger partial charge is 0.497 e. The van der Waals surface area contributed by atoms with Crippen LogP contribution in [0.4, 0.5) is 11.4 Å². The van der Waals surface area contributed by atoms with E-state index in [0.29, 0.717) is 0 Å². The molecule has 0 radical (unpaired) electrons. The number of hydrogen-bond donors (Lipinski definition) is 2. The molecule has 0 fully saturated rings. The molecule has 0 aliphatic carbocycles. The Labute approximate surface area is 136 Å². The van der Waals surface area contributed by atoms with E-state index in [1.807, 2.05) is 43.3 Å². The van der Waals surface area contributed by atoms with Crippen LogP contribution in [-0.2, 0) is 0 Å². The lowest BCUT2D eigenvalue weighted by Crippen LogP contribution is -2.14. The summed E-state index contributed by atoms with van der Waals surface area (Å²) < 4.78 is 10.6. The predicted molar refractivity (Wildman–Crippen MR) is 92.7 cm³/mol. The van der Waals surface area contributed by atoms with Crippen LogP contribution in [0.1, 0.15) is 5.56 Å². The van der Waals surface area contributed by atoms with E-state index in [0.717, 1.165) is 46.5 Å². The van der Waals surface area contributed by atoms with Crippen LogP contribution in [0.2, 0.25) is 5.02 Å². The number of rotatable bonds is 7. The van der Waals surface area contributed by atoms with Gasteiger partial charge in [-0.3, -0.25) is 0 Å². The summed E-state index contributed by atoms with van der Waals surface area (Å²) in [6.45, 7) is 3.50. The number of halogens is 1. The van der Waals surface area contributed by atoms with E-state index in [2.05, 4.69) is 10.6 Å². The van der Waals surface area contributed by atoms with Gasteiger partial charge in [-0.15, -0.1) is 0 Å². The summed E-state index contributed by atoms with van der Waals surface area (Å²) in [7, 11) is 3.30. The van der Waals surface area contributed by atoms with Gasteiger partial charge in [0.15, 0.2) is 0 Å². The third-order valence-electron chi connectivity index (χ3n) is 3.35. The van der Waals surface area contributed by atoms with Crippen molar-refractivity contribution in [1.82, 2.24) is 0 Å². The molecule has 5 heteroatoms. The van der Waals surface area contributed by atoms with E-state index in [-0.39, 0.29) is 0 Å². The molecular formula is C17H21ClN2O2. The lowest BCUT2D eigenvalue weighted by molar-refractivity contribution is 0.404. The third-order valence-corrected chi connectivity index (χ3v) is 3.76. The lowest BCUT2D eigenvalue weighted by atomic mass is 10.2. The van der Waals surface area contributed by atoms with E-state index in [1.165, 1.54) is 0 Å². The molecule has 2 rings (SSSR count). The van der Waals surface area contributed by atoms with Gasteiger partial charge < -0.3 is 20.1 Å². The average molecular weight is 321 g/mol. The molecule has 0 atom stereocenters. The van der Waals surface area contributed by atoms with Gasteiger partial charge in [0.05, 0.1) is 19.9 Å². The quantitative estimate of drug-likeness (QED) is 0.751. The lowest BCUT2D eigenvalue weighted by Gasteiger charge is -2.13. The SMILES string of the molecule is COc1ccc(OC)c(NCCNc2ccc(C)c(Cl)c2)c1. The Hall–Kier alpha value is -2.07. The number of aryl methyl sites for hydroxylation is 1. The number of hydrogen-bond acceptors (Lipinski definition) is 4. The Kier molecular flexibility index (Phi) is 5.78. The Morgan fingerprint density at radius 3 is 2.41 bits per heavy atom. The van der Waals surface area contributed by atoms with Gasteiger partial charge >= 0.3 is 0 Å². The van der Waals surface area contributed by atoms with Crippen molar-refractivity contribution in [1.29, 1.82) is 0 Å². The molecular weight excluding hydrogens is 300 g/mol. The molecule has 0 aromatic heterocycles. The first-order chi connectivity index (χ1) is 10.6. The van der Waals surface area contributed by atoms with E-state index in [9.17, 15) is 0 Å². The molecule has 0 bridgehead atoms. The summed E-state index contributed by atoms with van der Waals surface area (Å²) in [4.78, 5) is 0. The number of benzene rings is 2. The van der Waals surface area contributed by atoms with Crippen LogP contribution < -0.4 is 20.1 Å². The van der Waals surface area contributed by atoms with Crippen LogP contribution >= 0.6 is 11.6 Å². The fraction of sp³-hybridized carbons (Fsp3) is 0.294. The van der Waals surface area contributed by atoms with Gasteiger partial charge in [0.1, 0.15) is 11.5 Å². The summed E-state index contributed by atoms with van der Waals surface area (Å²) >= 11 is 6.11. The second-order valence-corrected chi connectivity index (χ2v) is 5.29. The van der Waals surface area contributed by atoms with Gasteiger partial charge in [-0.05, 0) is 36.8 Å². The zero-order chi connectivity index (χ0) is 15.9. The zero-order valence-electron chi connectivity index (χ0n) is 13.1. The van der Waals surface area contributed by atoms with Gasteiger partial charge in [-0.25, -0.2) is 0 Å².